The molecule has 4 nitrogen and oxygen atoms in total. The Morgan fingerprint density at radius 2 is 1.88 bits per heavy atom. The smallest absolute Gasteiger partial charge is 0.406 e. The Morgan fingerprint density at radius 1 is 1.31 bits per heavy atom. The Balaban J connectivity index is 3.19. The fourth-order valence-corrected chi connectivity index (χ4v) is 1.96. The second kappa shape index (κ2) is 4.11. The number of rotatable bonds is 2. The van der Waals surface area contributed by atoms with Crippen LogP contribution in [0.5, 0.6) is 5.75 Å². The van der Waals surface area contributed by atoms with Crippen LogP contribution in [0.2, 0.25) is 5.02 Å². The van der Waals surface area contributed by atoms with E-state index >= 15 is 0 Å². The first-order chi connectivity index (χ1) is 7.09. The molecule has 0 heterocycles. The second-order valence-electron chi connectivity index (χ2n) is 2.69. The molecule has 90 valence electrons. The molecule has 0 unspecified atom stereocenters. The minimum Gasteiger partial charge on any atom is -0.406 e. The minimum absolute atomic E-state index is 0.281. The van der Waals surface area contributed by atoms with E-state index in [-0.39, 0.29) is 5.02 Å². The summed E-state index contributed by atoms with van der Waals surface area (Å²) < 4.78 is 60.9. The predicted molar refractivity (Wildman–Crippen MR) is 49.5 cm³/mol. The molecule has 2 N–H and O–H groups in total. The molecule has 0 fully saturated rings. The first-order valence-corrected chi connectivity index (χ1v) is 5.60. The fraction of sp³-hybridized carbons (Fsp3) is 0.143. The van der Waals surface area contributed by atoms with Crippen molar-refractivity contribution in [2.24, 2.45) is 5.14 Å². The van der Waals surface area contributed by atoms with Crippen molar-refractivity contribution in [3.05, 3.63) is 23.2 Å². The van der Waals surface area contributed by atoms with Crippen LogP contribution < -0.4 is 9.88 Å². The van der Waals surface area contributed by atoms with Crippen LogP contribution in [0.1, 0.15) is 0 Å². The lowest BCUT2D eigenvalue weighted by Crippen LogP contribution is -2.18. The Kier molecular flexibility index (Phi) is 3.36. The number of primary sulfonamides is 1. The van der Waals surface area contributed by atoms with E-state index in [9.17, 15) is 21.6 Å². The molecule has 1 aromatic rings. The van der Waals surface area contributed by atoms with Gasteiger partial charge in [-0.25, -0.2) is 13.6 Å². The van der Waals surface area contributed by atoms with Crippen molar-refractivity contribution in [1.82, 2.24) is 0 Å². The summed E-state index contributed by atoms with van der Waals surface area (Å²) in [4.78, 5) is -0.629. The SMILES string of the molecule is NS(=O)(=O)c1cc(OC(F)(F)F)ccc1Cl. The molecule has 0 aliphatic carbocycles. The zero-order chi connectivity index (χ0) is 12.6. The highest BCUT2D eigenvalue weighted by Crippen LogP contribution is 2.28. The van der Waals surface area contributed by atoms with Gasteiger partial charge in [-0.3, -0.25) is 0 Å². The molecule has 0 saturated heterocycles. The zero-order valence-corrected chi connectivity index (χ0v) is 9.03. The van der Waals surface area contributed by atoms with Crippen LogP contribution >= 0.6 is 11.6 Å². The maximum Gasteiger partial charge on any atom is 0.573 e. The molecule has 9 heteroatoms. The summed E-state index contributed by atoms with van der Waals surface area (Å²) >= 11 is 5.46. The quantitative estimate of drug-likeness (QED) is 0.896. The van der Waals surface area contributed by atoms with E-state index in [1.54, 1.807) is 0 Å². The van der Waals surface area contributed by atoms with Crippen molar-refractivity contribution in [3.8, 4) is 5.75 Å². The van der Waals surface area contributed by atoms with Gasteiger partial charge in [0.25, 0.3) is 0 Å². The van der Waals surface area contributed by atoms with E-state index in [4.69, 9.17) is 16.7 Å². The molecule has 16 heavy (non-hydrogen) atoms. The van der Waals surface area contributed by atoms with Crippen molar-refractivity contribution >= 4 is 21.6 Å². The highest BCUT2D eigenvalue weighted by atomic mass is 35.5. The lowest BCUT2D eigenvalue weighted by Gasteiger charge is -2.10. The molecule has 0 aliphatic rings. The van der Waals surface area contributed by atoms with E-state index in [2.05, 4.69) is 4.74 Å². The molecule has 0 aromatic heterocycles. The van der Waals surface area contributed by atoms with Gasteiger partial charge in [0, 0.05) is 6.07 Å². The largest absolute Gasteiger partial charge is 0.573 e. The lowest BCUT2D eigenvalue weighted by molar-refractivity contribution is -0.274. The highest BCUT2D eigenvalue weighted by Gasteiger charge is 2.31. The number of halogens is 4. The van der Waals surface area contributed by atoms with Crippen LogP contribution in [-0.2, 0) is 10.0 Å². The maximum absolute atomic E-state index is 11.8. The summed E-state index contributed by atoms with van der Waals surface area (Å²) in [6, 6.07) is 2.43. The van der Waals surface area contributed by atoms with Gasteiger partial charge in [-0.1, -0.05) is 11.6 Å². The molecule has 1 aromatic carbocycles. The fourth-order valence-electron chi connectivity index (χ4n) is 0.899. The van der Waals surface area contributed by atoms with E-state index in [0.29, 0.717) is 6.07 Å². The summed E-state index contributed by atoms with van der Waals surface area (Å²) in [6.45, 7) is 0. The van der Waals surface area contributed by atoms with Gasteiger partial charge in [0.1, 0.15) is 10.6 Å². The third-order valence-electron chi connectivity index (χ3n) is 1.44. The molecule has 0 spiro atoms. The number of nitrogens with two attached hydrogens (primary N) is 1. The van der Waals surface area contributed by atoms with Gasteiger partial charge in [-0.15, -0.1) is 13.2 Å². The molecule has 0 atom stereocenters. The van der Waals surface area contributed by atoms with E-state index in [1.165, 1.54) is 0 Å². The van der Waals surface area contributed by atoms with Crippen LogP contribution in [0, 0.1) is 0 Å². The van der Waals surface area contributed by atoms with Crippen molar-refractivity contribution in [2.45, 2.75) is 11.3 Å². The Labute approximate surface area is 93.8 Å². The van der Waals surface area contributed by atoms with E-state index in [0.717, 1.165) is 12.1 Å². The summed E-state index contributed by atoms with van der Waals surface area (Å²) in [5, 5.41) is 4.46. The minimum atomic E-state index is -4.91. The number of alkyl halides is 3. The van der Waals surface area contributed by atoms with E-state index in [1.807, 2.05) is 0 Å². The normalized spacial score (nSPS) is 12.6. The average molecular weight is 276 g/mol. The standard InChI is InChI=1S/C7H5ClF3NO3S/c8-5-2-1-4(15-7(9,10)11)3-6(5)16(12,13)14/h1-3H,(H2,12,13,14). The van der Waals surface area contributed by atoms with Gasteiger partial charge in [0.15, 0.2) is 0 Å². The van der Waals surface area contributed by atoms with Gasteiger partial charge in [0.05, 0.1) is 5.02 Å². The molecule has 0 saturated carbocycles. The lowest BCUT2D eigenvalue weighted by atomic mass is 10.3. The number of sulfonamides is 1. The van der Waals surface area contributed by atoms with Crippen molar-refractivity contribution < 1.29 is 26.3 Å². The van der Waals surface area contributed by atoms with Gasteiger partial charge in [-0.2, -0.15) is 0 Å². The Bertz CT molecular complexity index is 500. The zero-order valence-electron chi connectivity index (χ0n) is 7.45. The molecule has 1 rings (SSSR count). The molecule has 0 bridgehead atoms. The molecule has 0 amide bonds. The van der Waals surface area contributed by atoms with Gasteiger partial charge >= 0.3 is 6.36 Å². The van der Waals surface area contributed by atoms with Gasteiger partial charge in [0.2, 0.25) is 10.0 Å². The summed E-state index contributed by atoms with van der Waals surface area (Å²) in [5.74, 6) is -0.707. The van der Waals surface area contributed by atoms with Crippen LogP contribution in [0.3, 0.4) is 0 Å². The Morgan fingerprint density at radius 3 is 2.31 bits per heavy atom. The molecular formula is C7H5ClF3NO3S. The van der Waals surface area contributed by atoms with Gasteiger partial charge < -0.3 is 4.74 Å². The molecule has 0 radical (unpaired) electrons. The number of hydrogen-bond acceptors (Lipinski definition) is 3. The van der Waals surface area contributed by atoms with Gasteiger partial charge in [-0.05, 0) is 12.1 Å². The predicted octanol–water partition coefficient (Wildman–Crippen LogP) is 1.89. The topological polar surface area (TPSA) is 69.4 Å². The van der Waals surface area contributed by atoms with Crippen molar-refractivity contribution in [2.75, 3.05) is 0 Å². The first kappa shape index (κ1) is 13.1. The summed E-state index contributed by atoms with van der Waals surface area (Å²) in [7, 11) is -4.19. The van der Waals surface area contributed by atoms with E-state index < -0.39 is 27.0 Å². The monoisotopic (exact) mass is 275 g/mol. The Hall–Kier alpha value is -0.990. The van der Waals surface area contributed by atoms with Crippen molar-refractivity contribution in [3.63, 3.8) is 0 Å². The summed E-state index contributed by atoms with van der Waals surface area (Å²) in [5.41, 5.74) is 0. The van der Waals surface area contributed by atoms with Crippen LogP contribution in [0.25, 0.3) is 0 Å². The third kappa shape index (κ3) is 3.54. The number of ether oxygens (including phenoxy) is 1. The number of benzene rings is 1. The second-order valence-corrected chi connectivity index (χ2v) is 4.62. The third-order valence-corrected chi connectivity index (χ3v) is 2.84. The average Bonchev–Trinajstić information content (AvgIpc) is 2.04. The summed E-state index contributed by atoms with van der Waals surface area (Å²) in [6.07, 6.45) is -4.91. The van der Waals surface area contributed by atoms with Crippen LogP contribution in [0.15, 0.2) is 23.1 Å². The molecule has 0 aliphatic heterocycles. The number of hydrogen-bond donors (Lipinski definition) is 1. The van der Waals surface area contributed by atoms with Crippen LogP contribution in [-0.4, -0.2) is 14.8 Å². The molecular weight excluding hydrogens is 271 g/mol. The van der Waals surface area contributed by atoms with Crippen LogP contribution in [0.4, 0.5) is 13.2 Å². The maximum atomic E-state index is 11.8. The van der Waals surface area contributed by atoms with Crippen molar-refractivity contribution in [1.29, 1.82) is 0 Å². The first-order valence-electron chi connectivity index (χ1n) is 3.68. The highest BCUT2D eigenvalue weighted by molar-refractivity contribution is 7.89.